The molecule has 5 nitrogen and oxygen atoms in total. The Hall–Kier alpha value is -2.24. The molecule has 1 aliphatic rings. The second-order valence-corrected chi connectivity index (χ2v) is 10.8. The van der Waals surface area contributed by atoms with Crippen LogP contribution in [0.1, 0.15) is 64.5 Å². The standard InChI is InChI=1S/C27H34Cl2N2O3/c1-18(26(33)30-21-9-5-6-10-21)31(16-19-13-14-20(28)15-23(19)29)25(32)17-34-24-12-8-7-11-22(24)27(2,3)4/h7-8,11-15,18,21H,5-6,9-10,16-17H2,1-4H3,(H,30,33)/t18-/m1/s1. The molecule has 1 N–H and O–H groups in total. The number of benzene rings is 2. The van der Waals surface area contributed by atoms with E-state index < -0.39 is 6.04 Å². The maximum atomic E-state index is 13.4. The number of ether oxygens (including phenoxy) is 1. The molecular weight excluding hydrogens is 471 g/mol. The summed E-state index contributed by atoms with van der Waals surface area (Å²) in [7, 11) is 0. The van der Waals surface area contributed by atoms with Crippen LogP contribution in [0, 0.1) is 0 Å². The molecule has 2 amide bonds. The third-order valence-corrected chi connectivity index (χ3v) is 6.86. The SMILES string of the molecule is C[C@H](C(=O)NC1CCCC1)N(Cc1ccc(Cl)cc1Cl)C(=O)COc1ccccc1C(C)(C)C. The highest BCUT2D eigenvalue weighted by atomic mass is 35.5. The third-order valence-electron chi connectivity index (χ3n) is 6.27. The van der Waals surface area contributed by atoms with Crippen LogP contribution in [0.25, 0.3) is 0 Å². The fraction of sp³-hybridized carbons (Fsp3) is 0.481. The second-order valence-electron chi connectivity index (χ2n) is 9.96. The largest absolute Gasteiger partial charge is 0.483 e. The predicted molar refractivity (Wildman–Crippen MR) is 138 cm³/mol. The predicted octanol–water partition coefficient (Wildman–Crippen LogP) is 6.15. The van der Waals surface area contributed by atoms with Gasteiger partial charge < -0.3 is 15.0 Å². The molecule has 0 unspecified atom stereocenters. The first-order valence-corrected chi connectivity index (χ1v) is 12.6. The summed E-state index contributed by atoms with van der Waals surface area (Å²) in [6, 6.07) is 12.3. The highest BCUT2D eigenvalue weighted by Crippen LogP contribution is 2.31. The molecule has 2 aromatic rings. The van der Waals surface area contributed by atoms with E-state index in [1.807, 2.05) is 24.3 Å². The fourth-order valence-corrected chi connectivity index (χ4v) is 4.71. The van der Waals surface area contributed by atoms with Gasteiger partial charge in [0.25, 0.3) is 5.91 Å². The van der Waals surface area contributed by atoms with Crippen molar-refractivity contribution in [2.24, 2.45) is 0 Å². The lowest BCUT2D eigenvalue weighted by molar-refractivity contribution is -0.142. The van der Waals surface area contributed by atoms with Gasteiger partial charge in [0.2, 0.25) is 5.91 Å². The fourth-order valence-electron chi connectivity index (χ4n) is 4.24. The van der Waals surface area contributed by atoms with Crippen molar-refractivity contribution in [1.82, 2.24) is 10.2 Å². The lowest BCUT2D eigenvalue weighted by Crippen LogP contribution is -2.50. The van der Waals surface area contributed by atoms with Crippen molar-refractivity contribution in [2.75, 3.05) is 6.61 Å². The van der Waals surface area contributed by atoms with Gasteiger partial charge in [-0.15, -0.1) is 0 Å². The van der Waals surface area contributed by atoms with Gasteiger partial charge in [0.05, 0.1) is 0 Å². The van der Waals surface area contributed by atoms with E-state index in [1.165, 1.54) is 4.90 Å². The van der Waals surface area contributed by atoms with Crippen molar-refractivity contribution in [3.8, 4) is 5.75 Å². The van der Waals surface area contributed by atoms with E-state index in [-0.39, 0.29) is 36.4 Å². The molecule has 184 valence electrons. The Labute approximate surface area is 212 Å². The molecule has 0 bridgehead atoms. The topological polar surface area (TPSA) is 58.6 Å². The minimum absolute atomic E-state index is 0.134. The monoisotopic (exact) mass is 504 g/mol. The smallest absolute Gasteiger partial charge is 0.261 e. The molecule has 0 aromatic heterocycles. The van der Waals surface area contributed by atoms with E-state index in [2.05, 4.69) is 26.1 Å². The molecule has 3 rings (SSSR count). The first-order chi connectivity index (χ1) is 16.1. The lowest BCUT2D eigenvalue weighted by atomic mass is 9.86. The van der Waals surface area contributed by atoms with Gasteiger partial charge in [-0.1, -0.05) is 81.1 Å². The molecule has 0 aliphatic heterocycles. The summed E-state index contributed by atoms with van der Waals surface area (Å²) >= 11 is 12.4. The van der Waals surface area contributed by atoms with Gasteiger partial charge in [-0.3, -0.25) is 9.59 Å². The van der Waals surface area contributed by atoms with Crippen molar-refractivity contribution in [3.05, 3.63) is 63.6 Å². The number of rotatable bonds is 8. The first-order valence-electron chi connectivity index (χ1n) is 11.8. The average Bonchev–Trinajstić information content (AvgIpc) is 3.29. The Morgan fingerprint density at radius 2 is 1.79 bits per heavy atom. The molecule has 2 aromatic carbocycles. The Morgan fingerprint density at radius 3 is 2.44 bits per heavy atom. The van der Waals surface area contributed by atoms with Gasteiger partial charge in [0.1, 0.15) is 11.8 Å². The van der Waals surface area contributed by atoms with Crippen LogP contribution in [-0.4, -0.2) is 35.4 Å². The summed E-state index contributed by atoms with van der Waals surface area (Å²) < 4.78 is 5.98. The summed E-state index contributed by atoms with van der Waals surface area (Å²) in [4.78, 5) is 28.0. The number of halogens is 2. The van der Waals surface area contributed by atoms with E-state index in [4.69, 9.17) is 27.9 Å². The van der Waals surface area contributed by atoms with Crippen LogP contribution in [0.15, 0.2) is 42.5 Å². The van der Waals surface area contributed by atoms with Crippen molar-refractivity contribution in [2.45, 2.75) is 77.4 Å². The number of para-hydroxylation sites is 1. The molecular formula is C27H34Cl2N2O3. The van der Waals surface area contributed by atoms with Crippen molar-refractivity contribution in [1.29, 1.82) is 0 Å². The third kappa shape index (κ3) is 6.89. The van der Waals surface area contributed by atoms with Gasteiger partial charge in [-0.05, 0) is 54.5 Å². The van der Waals surface area contributed by atoms with E-state index in [0.29, 0.717) is 15.8 Å². The quantitative estimate of drug-likeness (QED) is 0.469. The average molecular weight is 505 g/mol. The Bertz CT molecular complexity index is 1010. The number of nitrogens with zero attached hydrogens (tertiary/aromatic N) is 1. The number of hydrogen-bond donors (Lipinski definition) is 1. The zero-order valence-electron chi connectivity index (χ0n) is 20.4. The van der Waals surface area contributed by atoms with Crippen LogP contribution in [-0.2, 0) is 21.5 Å². The number of carbonyl (C=O) groups is 2. The van der Waals surface area contributed by atoms with E-state index in [0.717, 1.165) is 36.8 Å². The van der Waals surface area contributed by atoms with E-state index in [9.17, 15) is 9.59 Å². The van der Waals surface area contributed by atoms with Gasteiger partial charge in [0, 0.05) is 22.6 Å². The molecule has 1 saturated carbocycles. The molecule has 0 radical (unpaired) electrons. The second kappa shape index (κ2) is 11.5. The number of carbonyl (C=O) groups excluding carboxylic acids is 2. The summed E-state index contributed by atoms with van der Waals surface area (Å²) in [5.41, 5.74) is 1.60. The summed E-state index contributed by atoms with van der Waals surface area (Å²) in [6.07, 6.45) is 4.18. The van der Waals surface area contributed by atoms with Crippen LogP contribution in [0.3, 0.4) is 0 Å². The number of hydrogen-bond acceptors (Lipinski definition) is 3. The highest BCUT2D eigenvalue weighted by molar-refractivity contribution is 6.35. The van der Waals surface area contributed by atoms with Crippen molar-refractivity contribution in [3.63, 3.8) is 0 Å². The zero-order chi connectivity index (χ0) is 24.9. The molecule has 0 heterocycles. The molecule has 1 atom stereocenters. The highest BCUT2D eigenvalue weighted by Gasteiger charge is 2.29. The zero-order valence-corrected chi connectivity index (χ0v) is 21.9. The number of nitrogens with one attached hydrogen (secondary N) is 1. The molecule has 7 heteroatoms. The van der Waals surface area contributed by atoms with Gasteiger partial charge in [-0.25, -0.2) is 0 Å². The van der Waals surface area contributed by atoms with Crippen molar-refractivity contribution < 1.29 is 14.3 Å². The molecule has 0 spiro atoms. The summed E-state index contributed by atoms with van der Waals surface area (Å²) in [5.74, 6) is 0.208. The maximum absolute atomic E-state index is 13.4. The molecule has 1 fully saturated rings. The Morgan fingerprint density at radius 1 is 1.12 bits per heavy atom. The van der Waals surface area contributed by atoms with Crippen LogP contribution in [0.2, 0.25) is 10.0 Å². The maximum Gasteiger partial charge on any atom is 0.261 e. The minimum Gasteiger partial charge on any atom is -0.483 e. The first kappa shape index (κ1) is 26.4. The van der Waals surface area contributed by atoms with Gasteiger partial charge >= 0.3 is 0 Å². The molecule has 1 aliphatic carbocycles. The van der Waals surface area contributed by atoms with Crippen LogP contribution < -0.4 is 10.1 Å². The summed E-state index contributed by atoms with van der Waals surface area (Å²) in [5, 5.41) is 4.06. The Balaban J connectivity index is 1.79. The van der Waals surface area contributed by atoms with Crippen LogP contribution in [0.5, 0.6) is 5.75 Å². The minimum atomic E-state index is -0.679. The lowest BCUT2D eigenvalue weighted by Gasteiger charge is -2.30. The van der Waals surface area contributed by atoms with Crippen LogP contribution >= 0.6 is 23.2 Å². The van der Waals surface area contributed by atoms with Crippen LogP contribution in [0.4, 0.5) is 0 Å². The number of amides is 2. The van der Waals surface area contributed by atoms with Gasteiger partial charge in [-0.2, -0.15) is 0 Å². The Kier molecular flexibility index (Phi) is 8.89. The molecule has 0 saturated heterocycles. The van der Waals surface area contributed by atoms with Crippen molar-refractivity contribution >= 4 is 35.0 Å². The van der Waals surface area contributed by atoms with E-state index in [1.54, 1.807) is 25.1 Å². The normalized spacial score (nSPS) is 15.1. The molecule has 34 heavy (non-hydrogen) atoms. The van der Waals surface area contributed by atoms with Gasteiger partial charge in [0.15, 0.2) is 6.61 Å². The van der Waals surface area contributed by atoms with E-state index >= 15 is 0 Å². The summed E-state index contributed by atoms with van der Waals surface area (Å²) in [6.45, 7) is 8.04.